The molecule has 3 N–H and O–H groups in total. The van der Waals surface area contributed by atoms with Gasteiger partial charge in [0.25, 0.3) is 5.91 Å². The largest absolute Gasteiger partial charge is 0.354 e. The number of nitrogens with two attached hydrogens (primary N) is 1. The maximum Gasteiger partial charge on any atom is 0.253 e. The Labute approximate surface area is 148 Å². The van der Waals surface area contributed by atoms with E-state index in [4.69, 9.17) is 5.73 Å². The van der Waals surface area contributed by atoms with Crippen LogP contribution in [0.2, 0.25) is 0 Å². The number of nitrogens with zero attached hydrogens (tertiary/aromatic N) is 1. The van der Waals surface area contributed by atoms with Crippen LogP contribution in [0.5, 0.6) is 0 Å². The first kappa shape index (κ1) is 20.4. The third kappa shape index (κ3) is 5.76. The van der Waals surface area contributed by atoms with Crippen molar-refractivity contribution < 1.29 is 14.0 Å². The maximum atomic E-state index is 13.0. The van der Waals surface area contributed by atoms with Crippen molar-refractivity contribution in [3.05, 3.63) is 35.6 Å². The highest BCUT2D eigenvalue weighted by Gasteiger charge is 2.29. The van der Waals surface area contributed by atoms with E-state index in [0.29, 0.717) is 25.2 Å². The topological polar surface area (TPSA) is 75.4 Å². The van der Waals surface area contributed by atoms with E-state index in [0.717, 1.165) is 12.8 Å². The Kier molecular flexibility index (Phi) is 7.17. The molecule has 0 bridgehead atoms. The van der Waals surface area contributed by atoms with Crippen LogP contribution in [0, 0.1) is 11.7 Å². The predicted octanol–water partition coefficient (Wildman–Crippen LogP) is 1.95. The molecular weight excluding hydrogens is 333 g/mol. The third-order valence-electron chi connectivity index (χ3n) is 3.89. The van der Waals surface area contributed by atoms with Gasteiger partial charge in [-0.15, -0.1) is 12.4 Å². The Bertz CT molecular complexity index is 572. The number of piperidine rings is 1. The summed E-state index contributed by atoms with van der Waals surface area (Å²) in [5, 5.41) is 2.85. The zero-order chi connectivity index (χ0) is 17.0. The second-order valence-corrected chi connectivity index (χ2v) is 6.80. The quantitative estimate of drug-likeness (QED) is 0.864. The number of nitrogens with one attached hydrogen (secondary N) is 1. The lowest BCUT2D eigenvalue weighted by Crippen LogP contribution is -2.50. The van der Waals surface area contributed by atoms with Gasteiger partial charge in [0.15, 0.2) is 0 Å². The number of carbonyl (C=O) groups is 2. The maximum absolute atomic E-state index is 13.0. The van der Waals surface area contributed by atoms with Crippen LogP contribution in [0.1, 0.15) is 37.0 Å². The number of carbonyl (C=O) groups excluding carboxylic acids is 2. The molecular formula is C17H25ClFN3O2. The number of amides is 2. The lowest BCUT2D eigenvalue weighted by molar-refractivity contribution is -0.126. The first-order valence-electron chi connectivity index (χ1n) is 7.88. The molecule has 5 nitrogen and oxygen atoms in total. The van der Waals surface area contributed by atoms with Crippen molar-refractivity contribution in [3.8, 4) is 0 Å². The second kappa shape index (κ2) is 8.44. The van der Waals surface area contributed by atoms with E-state index < -0.39 is 5.54 Å². The molecule has 0 aliphatic carbocycles. The van der Waals surface area contributed by atoms with E-state index in [1.807, 2.05) is 13.8 Å². The van der Waals surface area contributed by atoms with E-state index in [2.05, 4.69) is 5.32 Å². The molecule has 1 aliphatic heterocycles. The number of halogens is 2. The van der Waals surface area contributed by atoms with Crippen molar-refractivity contribution in [2.75, 3.05) is 19.6 Å². The fraction of sp³-hybridized carbons (Fsp3) is 0.529. The molecule has 1 atom stereocenters. The number of rotatable bonds is 4. The number of likely N-dealkylation sites (tertiary alicyclic amines) is 1. The molecule has 7 heteroatoms. The number of benzene rings is 1. The van der Waals surface area contributed by atoms with Gasteiger partial charge in [0.1, 0.15) is 5.82 Å². The summed E-state index contributed by atoms with van der Waals surface area (Å²) in [6.07, 6.45) is 1.53. The minimum absolute atomic E-state index is 0. The van der Waals surface area contributed by atoms with Gasteiger partial charge in [0.05, 0.1) is 5.92 Å². The first-order valence-corrected chi connectivity index (χ1v) is 7.88. The Morgan fingerprint density at radius 3 is 2.54 bits per heavy atom. The Hall–Kier alpha value is -1.66. The molecule has 1 unspecified atom stereocenters. The van der Waals surface area contributed by atoms with Gasteiger partial charge >= 0.3 is 0 Å². The predicted molar refractivity (Wildman–Crippen MR) is 93.6 cm³/mol. The molecule has 0 aromatic heterocycles. The third-order valence-corrected chi connectivity index (χ3v) is 3.89. The average molecular weight is 358 g/mol. The molecule has 1 heterocycles. The number of hydrogen-bond donors (Lipinski definition) is 2. The minimum Gasteiger partial charge on any atom is -0.354 e. The Balaban J connectivity index is 0.00000288. The van der Waals surface area contributed by atoms with Crippen LogP contribution < -0.4 is 11.1 Å². The summed E-state index contributed by atoms with van der Waals surface area (Å²) >= 11 is 0. The summed E-state index contributed by atoms with van der Waals surface area (Å²) in [5.74, 6) is -0.834. The van der Waals surface area contributed by atoms with Gasteiger partial charge in [-0.25, -0.2) is 4.39 Å². The van der Waals surface area contributed by atoms with Crippen LogP contribution in [0.15, 0.2) is 24.3 Å². The summed E-state index contributed by atoms with van der Waals surface area (Å²) in [7, 11) is 0. The first-order chi connectivity index (χ1) is 10.8. The fourth-order valence-corrected chi connectivity index (χ4v) is 2.61. The van der Waals surface area contributed by atoms with E-state index in [1.165, 1.54) is 24.3 Å². The zero-order valence-corrected chi connectivity index (χ0v) is 14.9. The van der Waals surface area contributed by atoms with Crippen LogP contribution >= 0.6 is 12.4 Å². The fourth-order valence-electron chi connectivity index (χ4n) is 2.61. The van der Waals surface area contributed by atoms with Crippen molar-refractivity contribution in [3.63, 3.8) is 0 Å². The van der Waals surface area contributed by atoms with Crippen molar-refractivity contribution in [1.82, 2.24) is 10.2 Å². The highest BCUT2D eigenvalue weighted by Crippen LogP contribution is 2.19. The van der Waals surface area contributed by atoms with Crippen molar-refractivity contribution in [2.24, 2.45) is 11.7 Å². The SMILES string of the molecule is CC(C)(N)CNC(=O)C1CCCN(C(=O)c2ccc(F)cc2)C1.Cl. The van der Waals surface area contributed by atoms with Gasteiger partial charge in [0, 0.05) is 30.7 Å². The molecule has 1 aromatic rings. The number of hydrogen-bond acceptors (Lipinski definition) is 3. The van der Waals surface area contributed by atoms with Gasteiger partial charge < -0.3 is 16.0 Å². The summed E-state index contributed by atoms with van der Waals surface area (Å²) in [4.78, 5) is 26.3. The molecule has 1 saturated heterocycles. The smallest absolute Gasteiger partial charge is 0.253 e. The summed E-state index contributed by atoms with van der Waals surface area (Å²) in [6.45, 7) is 5.08. The van der Waals surface area contributed by atoms with Gasteiger partial charge in [-0.05, 0) is 51.0 Å². The van der Waals surface area contributed by atoms with Gasteiger partial charge in [-0.1, -0.05) is 0 Å². The minimum atomic E-state index is -0.464. The average Bonchev–Trinajstić information content (AvgIpc) is 2.52. The molecule has 24 heavy (non-hydrogen) atoms. The van der Waals surface area contributed by atoms with Crippen molar-refractivity contribution in [1.29, 1.82) is 0 Å². The highest BCUT2D eigenvalue weighted by atomic mass is 35.5. The molecule has 1 fully saturated rings. The Morgan fingerprint density at radius 2 is 1.96 bits per heavy atom. The van der Waals surface area contributed by atoms with E-state index in [1.54, 1.807) is 4.90 Å². The van der Waals surface area contributed by atoms with Crippen LogP contribution in [-0.2, 0) is 4.79 Å². The molecule has 0 radical (unpaired) electrons. The van der Waals surface area contributed by atoms with Crippen LogP contribution in [0.4, 0.5) is 4.39 Å². The van der Waals surface area contributed by atoms with Crippen molar-refractivity contribution in [2.45, 2.75) is 32.2 Å². The van der Waals surface area contributed by atoms with E-state index in [-0.39, 0.29) is 36.0 Å². The van der Waals surface area contributed by atoms with Crippen LogP contribution in [0.3, 0.4) is 0 Å². The second-order valence-electron chi connectivity index (χ2n) is 6.80. The van der Waals surface area contributed by atoms with Gasteiger partial charge in [0.2, 0.25) is 5.91 Å². The normalized spacial score (nSPS) is 17.8. The molecule has 2 amide bonds. The van der Waals surface area contributed by atoms with Gasteiger partial charge in [-0.2, -0.15) is 0 Å². The lowest BCUT2D eigenvalue weighted by atomic mass is 9.96. The molecule has 134 valence electrons. The molecule has 0 saturated carbocycles. The summed E-state index contributed by atoms with van der Waals surface area (Å²) in [6, 6.07) is 5.48. The van der Waals surface area contributed by atoms with Crippen LogP contribution in [0.25, 0.3) is 0 Å². The molecule has 1 aliphatic rings. The van der Waals surface area contributed by atoms with Crippen molar-refractivity contribution >= 4 is 24.2 Å². The summed E-state index contributed by atoms with van der Waals surface area (Å²) in [5.41, 5.74) is 5.84. The lowest BCUT2D eigenvalue weighted by Gasteiger charge is -2.32. The van der Waals surface area contributed by atoms with E-state index >= 15 is 0 Å². The van der Waals surface area contributed by atoms with E-state index in [9.17, 15) is 14.0 Å². The van der Waals surface area contributed by atoms with Crippen LogP contribution in [-0.4, -0.2) is 41.9 Å². The molecule has 0 spiro atoms. The van der Waals surface area contributed by atoms with Gasteiger partial charge in [-0.3, -0.25) is 9.59 Å². The molecule has 2 rings (SSSR count). The monoisotopic (exact) mass is 357 g/mol. The highest BCUT2D eigenvalue weighted by molar-refractivity contribution is 5.94. The Morgan fingerprint density at radius 1 is 1.33 bits per heavy atom. The zero-order valence-electron chi connectivity index (χ0n) is 14.0. The molecule has 1 aromatic carbocycles. The summed E-state index contributed by atoms with van der Waals surface area (Å²) < 4.78 is 13.0. The standard InChI is InChI=1S/C17H24FN3O2.ClH/c1-17(2,19)11-20-15(22)13-4-3-9-21(10-13)16(23)12-5-7-14(18)8-6-12;/h5-8,13H,3-4,9-11,19H2,1-2H3,(H,20,22);1H.